The first kappa shape index (κ1) is 15.8. The molecule has 0 saturated carbocycles. The van der Waals surface area contributed by atoms with Gasteiger partial charge >= 0.3 is 0 Å². The van der Waals surface area contributed by atoms with Crippen LogP contribution in [0.5, 0.6) is 0 Å². The van der Waals surface area contributed by atoms with Gasteiger partial charge in [0.25, 0.3) is 0 Å². The van der Waals surface area contributed by atoms with E-state index in [-0.39, 0.29) is 12.3 Å². The number of rotatable bonds is 5. The van der Waals surface area contributed by atoms with Gasteiger partial charge in [0.05, 0.1) is 13.0 Å². The van der Waals surface area contributed by atoms with Gasteiger partial charge in [-0.15, -0.1) is 0 Å². The molecule has 0 unspecified atom stereocenters. The maximum absolute atomic E-state index is 12.1. The van der Waals surface area contributed by atoms with Crippen LogP contribution in [0.25, 0.3) is 0 Å². The third kappa shape index (κ3) is 4.46. The minimum Gasteiger partial charge on any atom is -0.380 e. The number of anilines is 1. The maximum Gasteiger partial charge on any atom is 0.228 e. The molecule has 3 nitrogen and oxygen atoms in total. The van der Waals surface area contributed by atoms with E-state index in [2.05, 4.69) is 5.32 Å². The van der Waals surface area contributed by atoms with Crippen LogP contribution in [0.3, 0.4) is 0 Å². The van der Waals surface area contributed by atoms with Crippen molar-refractivity contribution in [3.8, 4) is 0 Å². The molecule has 0 aromatic heterocycles. The van der Waals surface area contributed by atoms with Crippen molar-refractivity contribution in [2.75, 3.05) is 12.4 Å². The normalized spacial score (nSPS) is 10.4. The van der Waals surface area contributed by atoms with Crippen molar-refractivity contribution in [2.45, 2.75) is 13.0 Å². The maximum atomic E-state index is 12.1. The zero-order chi connectivity index (χ0) is 15.2. The molecule has 2 rings (SSSR count). The summed E-state index contributed by atoms with van der Waals surface area (Å²) in [5, 5.41) is 3.81. The van der Waals surface area contributed by atoms with Crippen LogP contribution in [0.2, 0.25) is 10.0 Å². The Morgan fingerprint density at radius 2 is 1.81 bits per heavy atom. The summed E-state index contributed by atoms with van der Waals surface area (Å²) in [7, 11) is 1.63. The van der Waals surface area contributed by atoms with Gasteiger partial charge in [0.15, 0.2) is 0 Å². The molecule has 0 saturated heterocycles. The number of ether oxygens (including phenoxy) is 1. The van der Waals surface area contributed by atoms with E-state index < -0.39 is 0 Å². The van der Waals surface area contributed by atoms with Gasteiger partial charge < -0.3 is 10.1 Å². The molecule has 0 aliphatic rings. The van der Waals surface area contributed by atoms with Gasteiger partial charge in [-0.1, -0.05) is 41.4 Å². The van der Waals surface area contributed by atoms with Crippen molar-refractivity contribution in [3.63, 3.8) is 0 Å². The Hall–Kier alpha value is -1.55. The van der Waals surface area contributed by atoms with Crippen molar-refractivity contribution in [3.05, 3.63) is 63.6 Å². The second-order valence-corrected chi connectivity index (χ2v) is 5.37. The number of nitrogens with one attached hydrogen (secondary N) is 1. The number of carbonyl (C=O) groups is 1. The number of amides is 1. The average molecular weight is 324 g/mol. The van der Waals surface area contributed by atoms with Crippen molar-refractivity contribution in [2.24, 2.45) is 0 Å². The molecule has 1 N–H and O–H groups in total. The van der Waals surface area contributed by atoms with E-state index in [4.69, 9.17) is 27.9 Å². The van der Waals surface area contributed by atoms with Crippen LogP contribution < -0.4 is 5.32 Å². The summed E-state index contributed by atoms with van der Waals surface area (Å²) >= 11 is 12.1. The van der Waals surface area contributed by atoms with Crippen molar-refractivity contribution in [1.29, 1.82) is 0 Å². The minimum atomic E-state index is -0.167. The quantitative estimate of drug-likeness (QED) is 0.889. The Bertz CT molecular complexity index is 624. The summed E-state index contributed by atoms with van der Waals surface area (Å²) < 4.78 is 5.07. The molecule has 1 amide bonds. The van der Waals surface area contributed by atoms with Crippen LogP contribution in [0.15, 0.2) is 42.5 Å². The summed E-state index contributed by atoms with van der Waals surface area (Å²) in [4.78, 5) is 12.1. The highest BCUT2D eigenvalue weighted by Crippen LogP contribution is 2.25. The lowest BCUT2D eigenvalue weighted by Crippen LogP contribution is -2.15. The van der Waals surface area contributed by atoms with Gasteiger partial charge in [-0.2, -0.15) is 0 Å². The summed E-state index contributed by atoms with van der Waals surface area (Å²) in [5.41, 5.74) is 2.34. The van der Waals surface area contributed by atoms with Crippen LogP contribution in [0.4, 0.5) is 5.69 Å². The highest BCUT2D eigenvalue weighted by molar-refractivity contribution is 6.36. The van der Waals surface area contributed by atoms with Gasteiger partial charge in [-0.3, -0.25) is 4.79 Å². The van der Waals surface area contributed by atoms with E-state index in [9.17, 15) is 4.79 Å². The van der Waals surface area contributed by atoms with E-state index in [1.165, 1.54) is 0 Å². The molecular formula is C16H15Cl2NO2. The molecule has 5 heteroatoms. The predicted molar refractivity (Wildman–Crippen MR) is 86.0 cm³/mol. The first-order valence-corrected chi connectivity index (χ1v) is 7.16. The van der Waals surface area contributed by atoms with Crippen molar-refractivity contribution in [1.82, 2.24) is 0 Å². The van der Waals surface area contributed by atoms with Gasteiger partial charge in [0, 0.05) is 22.8 Å². The van der Waals surface area contributed by atoms with Gasteiger partial charge in [0.2, 0.25) is 5.91 Å². The van der Waals surface area contributed by atoms with Gasteiger partial charge in [-0.25, -0.2) is 0 Å². The number of benzene rings is 2. The lowest BCUT2D eigenvalue weighted by molar-refractivity contribution is -0.115. The number of hydrogen-bond donors (Lipinski definition) is 1. The summed E-state index contributed by atoms with van der Waals surface area (Å²) in [6.07, 6.45) is 0.132. The van der Waals surface area contributed by atoms with Gasteiger partial charge in [0.1, 0.15) is 0 Å². The largest absolute Gasteiger partial charge is 0.380 e. The smallest absolute Gasteiger partial charge is 0.228 e. The average Bonchev–Trinajstić information content (AvgIpc) is 2.44. The zero-order valence-electron chi connectivity index (χ0n) is 11.5. The topological polar surface area (TPSA) is 38.3 Å². The van der Waals surface area contributed by atoms with Crippen LogP contribution in [-0.4, -0.2) is 13.0 Å². The molecule has 0 aliphatic heterocycles. The summed E-state index contributed by atoms with van der Waals surface area (Å²) in [6.45, 7) is 0.500. The van der Waals surface area contributed by atoms with Crippen LogP contribution in [0.1, 0.15) is 11.1 Å². The third-order valence-electron chi connectivity index (χ3n) is 2.92. The number of methoxy groups -OCH3 is 1. The Morgan fingerprint density at radius 1 is 1.14 bits per heavy atom. The van der Waals surface area contributed by atoms with E-state index in [0.29, 0.717) is 22.2 Å². The van der Waals surface area contributed by atoms with Crippen LogP contribution >= 0.6 is 23.2 Å². The molecule has 0 spiro atoms. The lowest BCUT2D eigenvalue weighted by Gasteiger charge is -2.09. The Kier molecular flexibility index (Phi) is 5.62. The fourth-order valence-corrected chi connectivity index (χ4v) is 2.50. The van der Waals surface area contributed by atoms with Crippen LogP contribution in [-0.2, 0) is 22.6 Å². The number of carbonyl (C=O) groups excluding carboxylic acids is 1. The fourth-order valence-electron chi connectivity index (χ4n) is 1.97. The number of halogens is 2. The van der Waals surface area contributed by atoms with Crippen molar-refractivity contribution < 1.29 is 9.53 Å². The molecule has 2 aromatic carbocycles. The van der Waals surface area contributed by atoms with E-state index >= 15 is 0 Å². The second kappa shape index (κ2) is 7.46. The molecule has 21 heavy (non-hydrogen) atoms. The molecule has 0 aliphatic carbocycles. The monoisotopic (exact) mass is 323 g/mol. The molecule has 0 radical (unpaired) electrons. The highest BCUT2D eigenvalue weighted by atomic mass is 35.5. The lowest BCUT2D eigenvalue weighted by atomic mass is 10.1. The second-order valence-electron chi connectivity index (χ2n) is 4.56. The van der Waals surface area contributed by atoms with Crippen molar-refractivity contribution >= 4 is 34.8 Å². The predicted octanol–water partition coefficient (Wildman–Crippen LogP) is 4.32. The molecule has 0 heterocycles. The van der Waals surface area contributed by atoms with E-state index in [0.717, 1.165) is 11.3 Å². The molecule has 2 aromatic rings. The SMILES string of the molecule is COCc1cccc(NC(=O)Cc2c(Cl)cccc2Cl)c1. The standard InChI is InChI=1S/C16H15Cl2NO2/c1-21-10-11-4-2-5-12(8-11)19-16(20)9-13-14(17)6-3-7-15(13)18/h2-8H,9-10H2,1H3,(H,19,20). The third-order valence-corrected chi connectivity index (χ3v) is 3.63. The molecule has 0 atom stereocenters. The Morgan fingerprint density at radius 3 is 2.48 bits per heavy atom. The van der Waals surface area contributed by atoms with Gasteiger partial charge in [-0.05, 0) is 35.4 Å². The van der Waals surface area contributed by atoms with E-state index in [1.807, 2.05) is 24.3 Å². The number of hydrogen-bond acceptors (Lipinski definition) is 2. The van der Waals surface area contributed by atoms with E-state index in [1.54, 1.807) is 25.3 Å². The summed E-state index contributed by atoms with van der Waals surface area (Å²) in [6, 6.07) is 12.7. The Balaban J connectivity index is 2.06. The first-order chi connectivity index (χ1) is 10.1. The minimum absolute atomic E-state index is 0.132. The summed E-state index contributed by atoms with van der Waals surface area (Å²) in [5.74, 6) is -0.167. The molecule has 0 fully saturated rings. The first-order valence-electron chi connectivity index (χ1n) is 6.41. The molecule has 110 valence electrons. The fraction of sp³-hybridized carbons (Fsp3) is 0.188. The van der Waals surface area contributed by atoms with Crippen LogP contribution in [0, 0.1) is 0 Å². The highest BCUT2D eigenvalue weighted by Gasteiger charge is 2.11. The zero-order valence-corrected chi connectivity index (χ0v) is 13.0. The molecular weight excluding hydrogens is 309 g/mol. The molecule has 0 bridgehead atoms. The Labute approximate surface area is 133 Å².